The first-order valence-corrected chi connectivity index (χ1v) is 7.45. The SMILES string of the molecule is CCC(NS(=O)(=O)CCCC(F)(F)F)c1ncc[nH]1. The standard InChI is InChI=1S/C10H16F3N3O2S/c1-2-8(9-14-5-6-15-9)16-19(17,18)7-3-4-10(11,12)13/h5-6,8,16H,2-4,7H2,1H3,(H,14,15). The number of H-pyrrole nitrogens is 1. The highest BCUT2D eigenvalue weighted by molar-refractivity contribution is 7.89. The first-order chi connectivity index (χ1) is 8.73. The lowest BCUT2D eigenvalue weighted by Crippen LogP contribution is -2.31. The number of hydrogen-bond donors (Lipinski definition) is 2. The number of alkyl halides is 3. The summed E-state index contributed by atoms with van der Waals surface area (Å²) < 4.78 is 61.5. The molecule has 19 heavy (non-hydrogen) atoms. The molecule has 110 valence electrons. The van der Waals surface area contributed by atoms with Crippen molar-refractivity contribution in [3.05, 3.63) is 18.2 Å². The minimum atomic E-state index is -4.33. The zero-order valence-electron chi connectivity index (χ0n) is 10.4. The molecule has 0 amide bonds. The van der Waals surface area contributed by atoms with E-state index in [0.717, 1.165) is 0 Å². The van der Waals surface area contributed by atoms with Crippen molar-refractivity contribution in [3.63, 3.8) is 0 Å². The van der Waals surface area contributed by atoms with Gasteiger partial charge in [-0.15, -0.1) is 0 Å². The van der Waals surface area contributed by atoms with Crippen LogP contribution in [0.2, 0.25) is 0 Å². The molecule has 0 radical (unpaired) electrons. The van der Waals surface area contributed by atoms with Gasteiger partial charge in [0.25, 0.3) is 0 Å². The van der Waals surface area contributed by atoms with Crippen molar-refractivity contribution in [1.29, 1.82) is 0 Å². The molecular weight excluding hydrogens is 283 g/mol. The van der Waals surface area contributed by atoms with Crippen molar-refractivity contribution < 1.29 is 21.6 Å². The lowest BCUT2D eigenvalue weighted by molar-refractivity contribution is -0.134. The maximum absolute atomic E-state index is 12.0. The van der Waals surface area contributed by atoms with Gasteiger partial charge in [-0.25, -0.2) is 18.1 Å². The van der Waals surface area contributed by atoms with E-state index in [2.05, 4.69) is 14.7 Å². The molecule has 0 bridgehead atoms. The van der Waals surface area contributed by atoms with E-state index in [1.807, 2.05) is 0 Å². The maximum atomic E-state index is 12.0. The molecule has 0 aliphatic heterocycles. The van der Waals surface area contributed by atoms with Gasteiger partial charge >= 0.3 is 6.18 Å². The van der Waals surface area contributed by atoms with Crippen LogP contribution in [-0.2, 0) is 10.0 Å². The summed E-state index contributed by atoms with van der Waals surface area (Å²) >= 11 is 0. The number of hydrogen-bond acceptors (Lipinski definition) is 3. The van der Waals surface area contributed by atoms with E-state index in [1.165, 1.54) is 6.20 Å². The molecule has 0 aliphatic rings. The van der Waals surface area contributed by atoms with Crippen LogP contribution in [0, 0.1) is 0 Å². The molecule has 0 saturated carbocycles. The van der Waals surface area contributed by atoms with E-state index in [-0.39, 0.29) is 0 Å². The molecule has 5 nitrogen and oxygen atoms in total. The molecule has 0 spiro atoms. The van der Waals surface area contributed by atoms with Gasteiger partial charge in [0.15, 0.2) is 0 Å². The molecule has 1 heterocycles. The van der Waals surface area contributed by atoms with Crippen LogP contribution in [0.1, 0.15) is 38.1 Å². The van der Waals surface area contributed by atoms with Crippen LogP contribution in [0.25, 0.3) is 0 Å². The zero-order chi connectivity index (χ0) is 14.5. The Balaban J connectivity index is 2.54. The highest BCUT2D eigenvalue weighted by atomic mass is 32.2. The second kappa shape index (κ2) is 6.38. The number of aromatic amines is 1. The lowest BCUT2D eigenvalue weighted by Gasteiger charge is -2.15. The van der Waals surface area contributed by atoms with Crippen molar-refractivity contribution in [3.8, 4) is 0 Å². The van der Waals surface area contributed by atoms with E-state index >= 15 is 0 Å². The highest BCUT2D eigenvalue weighted by Gasteiger charge is 2.28. The van der Waals surface area contributed by atoms with Crippen molar-refractivity contribution in [1.82, 2.24) is 14.7 Å². The molecular formula is C10H16F3N3O2S. The van der Waals surface area contributed by atoms with Crippen LogP contribution >= 0.6 is 0 Å². The number of nitrogens with zero attached hydrogens (tertiary/aromatic N) is 1. The summed E-state index contributed by atoms with van der Waals surface area (Å²) in [5.41, 5.74) is 0. The summed E-state index contributed by atoms with van der Waals surface area (Å²) in [6, 6.07) is -0.550. The molecule has 1 atom stereocenters. The van der Waals surface area contributed by atoms with Crippen LogP contribution < -0.4 is 4.72 Å². The summed E-state index contributed by atoms with van der Waals surface area (Å²) in [6.07, 6.45) is -2.41. The van der Waals surface area contributed by atoms with Crippen LogP contribution in [0.4, 0.5) is 13.2 Å². The molecule has 1 aromatic heterocycles. The van der Waals surface area contributed by atoms with Crippen molar-refractivity contribution in [2.45, 2.75) is 38.4 Å². The third-order valence-electron chi connectivity index (χ3n) is 2.45. The van der Waals surface area contributed by atoms with Crippen LogP contribution in [0.5, 0.6) is 0 Å². The first-order valence-electron chi connectivity index (χ1n) is 5.79. The summed E-state index contributed by atoms with van der Waals surface area (Å²) in [7, 11) is -3.75. The highest BCUT2D eigenvalue weighted by Crippen LogP contribution is 2.22. The van der Waals surface area contributed by atoms with E-state index < -0.39 is 40.8 Å². The van der Waals surface area contributed by atoms with E-state index in [4.69, 9.17) is 0 Å². The minimum Gasteiger partial charge on any atom is -0.347 e. The van der Waals surface area contributed by atoms with Crippen LogP contribution in [0.3, 0.4) is 0 Å². The largest absolute Gasteiger partial charge is 0.389 e. The number of sulfonamides is 1. The number of rotatable bonds is 7. The molecule has 1 rings (SSSR count). The van der Waals surface area contributed by atoms with Crippen molar-refractivity contribution in [2.75, 3.05) is 5.75 Å². The molecule has 2 N–H and O–H groups in total. The number of nitrogens with one attached hydrogen (secondary N) is 2. The fraction of sp³-hybridized carbons (Fsp3) is 0.700. The monoisotopic (exact) mass is 299 g/mol. The summed E-state index contributed by atoms with van der Waals surface area (Å²) in [5.74, 6) is -0.106. The predicted octanol–water partition coefficient (Wildman–Crippen LogP) is 2.12. The van der Waals surface area contributed by atoms with Gasteiger partial charge in [-0.1, -0.05) is 6.92 Å². The maximum Gasteiger partial charge on any atom is 0.389 e. The van der Waals surface area contributed by atoms with Gasteiger partial charge in [0.05, 0.1) is 11.8 Å². The van der Waals surface area contributed by atoms with Gasteiger partial charge in [-0.05, 0) is 12.8 Å². The zero-order valence-corrected chi connectivity index (χ0v) is 11.2. The Morgan fingerprint density at radius 1 is 1.47 bits per heavy atom. The summed E-state index contributed by atoms with van der Waals surface area (Å²) in [4.78, 5) is 6.70. The van der Waals surface area contributed by atoms with Crippen LogP contribution in [-0.4, -0.2) is 30.3 Å². The van der Waals surface area contributed by atoms with Crippen molar-refractivity contribution in [2.24, 2.45) is 0 Å². The summed E-state index contributed by atoms with van der Waals surface area (Å²) in [5, 5.41) is 0. The Morgan fingerprint density at radius 2 is 2.16 bits per heavy atom. The van der Waals surface area contributed by atoms with E-state index in [0.29, 0.717) is 12.2 Å². The smallest absolute Gasteiger partial charge is 0.347 e. The lowest BCUT2D eigenvalue weighted by atomic mass is 10.2. The Labute approximate surface area is 109 Å². The quantitative estimate of drug-likeness (QED) is 0.810. The van der Waals surface area contributed by atoms with Gasteiger partial charge in [-0.3, -0.25) is 0 Å². The van der Waals surface area contributed by atoms with Gasteiger partial charge in [0.2, 0.25) is 10.0 Å². The Hall–Kier alpha value is -1.09. The van der Waals surface area contributed by atoms with Crippen molar-refractivity contribution >= 4 is 10.0 Å². The Kier molecular flexibility index (Phi) is 5.36. The van der Waals surface area contributed by atoms with Gasteiger partial charge in [0.1, 0.15) is 5.82 Å². The molecule has 0 aliphatic carbocycles. The number of aromatic nitrogens is 2. The average molecular weight is 299 g/mol. The molecule has 1 aromatic rings. The number of imidazole rings is 1. The van der Waals surface area contributed by atoms with Gasteiger partial charge < -0.3 is 4.98 Å². The van der Waals surface area contributed by atoms with Crippen LogP contribution in [0.15, 0.2) is 12.4 Å². The second-order valence-corrected chi connectivity index (χ2v) is 5.96. The fourth-order valence-corrected chi connectivity index (χ4v) is 2.89. The molecule has 9 heteroatoms. The molecule has 0 aromatic carbocycles. The molecule has 0 fully saturated rings. The van der Waals surface area contributed by atoms with Gasteiger partial charge in [0, 0.05) is 18.8 Å². The first kappa shape index (κ1) is 16.0. The predicted molar refractivity (Wildman–Crippen MR) is 63.8 cm³/mol. The normalized spacial score (nSPS) is 14.5. The third kappa shape index (κ3) is 6.06. The Morgan fingerprint density at radius 3 is 2.63 bits per heavy atom. The van der Waals surface area contributed by atoms with Gasteiger partial charge in [-0.2, -0.15) is 13.2 Å². The fourth-order valence-electron chi connectivity index (χ4n) is 1.54. The minimum absolute atomic E-state index is 0.446. The number of halogens is 3. The molecule has 0 saturated heterocycles. The Bertz CT molecular complexity index is 471. The summed E-state index contributed by atoms with van der Waals surface area (Å²) in [6.45, 7) is 1.76. The van der Waals surface area contributed by atoms with E-state index in [9.17, 15) is 21.6 Å². The van der Waals surface area contributed by atoms with E-state index in [1.54, 1.807) is 13.1 Å². The third-order valence-corrected chi connectivity index (χ3v) is 3.92. The molecule has 1 unspecified atom stereocenters. The average Bonchev–Trinajstić information content (AvgIpc) is 2.77. The topological polar surface area (TPSA) is 74.8 Å². The second-order valence-electron chi connectivity index (χ2n) is 4.09.